The minimum atomic E-state index is -1.08. The molecule has 0 rings (SSSR count). The molecule has 249 valence electrons. The van der Waals surface area contributed by atoms with E-state index in [1.54, 1.807) is 0 Å². The molecule has 0 atom stereocenters. The number of nitrogens with two attached hydrogens (primary N) is 4. The number of carboxylic acid groups (broad SMARTS) is 8. The van der Waals surface area contributed by atoms with Crippen molar-refractivity contribution >= 4 is 47.8 Å². The van der Waals surface area contributed by atoms with Gasteiger partial charge in [-0.25, -0.2) is 0 Å². The molecule has 0 aromatic rings. The van der Waals surface area contributed by atoms with Crippen molar-refractivity contribution in [3.8, 4) is 0 Å². The van der Waals surface area contributed by atoms with Gasteiger partial charge in [-0.2, -0.15) is 0 Å². The SMILES string of the molecule is CC(=O)O.CC(=O)O.CC(=O)O.CC(=O)O.CC(=O)[O-].CC(=O)[O-].CC(=O)[O-].CC(=O)[O-].NCCN.NCCN.[Fe+3].[Na+]. The van der Waals surface area contributed by atoms with Crippen molar-refractivity contribution in [2.75, 3.05) is 26.2 Å². The average molecular weight is 675 g/mol. The predicted octanol–water partition coefficient (Wildman–Crippen LogP) is -9.80. The van der Waals surface area contributed by atoms with Gasteiger partial charge in [-0.15, -0.1) is 0 Å². The van der Waals surface area contributed by atoms with Crippen molar-refractivity contribution < 1.29 is 126 Å². The molecular formula is C20H44FeN4NaO16. The third kappa shape index (κ3) is 62500. The summed E-state index contributed by atoms with van der Waals surface area (Å²) < 4.78 is 0. The number of rotatable bonds is 2. The van der Waals surface area contributed by atoms with E-state index in [2.05, 4.69) is 0 Å². The zero-order valence-electron chi connectivity index (χ0n) is 25.2. The van der Waals surface area contributed by atoms with Crippen molar-refractivity contribution in [1.29, 1.82) is 0 Å². The van der Waals surface area contributed by atoms with Crippen molar-refractivity contribution in [2.24, 2.45) is 22.9 Å². The van der Waals surface area contributed by atoms with E-state index in [0.29, 0.717) is 26.2 Å². The summed E-state index contributed by atoms with van der Waals surface area (Å²) in [6.45, 7) is 10.6. The first-order valence-corrected chi connectivity index (χ1v) is 9.98. The van der Waals surface area contributed by atoms with Gasteiger partial charge in [0.05, 0.1) is 0 Å². The van der Waals surface area contributed by atoms with E-state index in [1.807, 2.05) is 0 Å². The zero-order chi connectivity index (χ0) is 35.4. The van der Waals surface area contributed by atoms with Crippen LogP contribution in [0.5, 0.6) is 0 Å². The van der Waals surface area contributed by atoms with E-state index in [1.165, 1.54) is 0 Å². The standard InChI is InChI=1S/2C2H8N2.8C2H4O2.Fe.Na/c2*3-1-2-4;8*1-2(3)4;;/h2*1-4H2;8*1H3,(H,3,4);;/q;;;;;;;;;;+3;+1/p-4. The van der Waals surface area contributed by atoms with E-state index in [4.69, 9.17) is 102 Å². The summed E-state index contributed by atoms with van der Waals surface area (Å²) in [5.41, 5.74) is 19.6. The smallest absolute Gasteiger partial charge is 0.550 e. The molecule has 0 amide bonds. The molecule has 0 fully saturated rings. The zero-order valence-corrected chi connectivity index (χ0v) is 28.3. The van der Waals surface area contributed by atoms with Gasteiger partial charge in [0.1, 0.15) is 0 Å². The second-order valence-corrected chi connectivity index (χ2v) is 5.20. The summed E-state index contributed by atoms with van der Waals surface area (Å²) in [5.74, 6) is -7.67. The van der Waals surface area contributed by atoms with Crippen LogP contribution in [0.4, 0.5) is 0 Å². The van der Waals surface area contributed by atoms with Crippen molar-refractivity contribution in [3.05, 3.63) is 0 Å². The Morgan fingerprint density at radius 1 is 0.405 bits per heavy atom. The second kappa shape index (κ2) is 83.2. The van der Waals surface area contributed by atoms with Crippen LogP contribution in [0.3, 0.4) is 0 Å². The molecule has 0 aromatic carbocycles. The van der Waals surface area contributed by atoms with Gasteiger partial charge >= 0.3 is 46.6 Å². The summed E-state index contributed by atoms with van der Waals surface area (Å²) in [6, 6.07) is 0. The van der Waals surface area contributed by atoms with Crippen LogP contribution in [0, 0.1) is 0 Å². The van der Waals surface area contributed by atoms with Gasteiger partial charge in [0.15, 0.2) is 0 Å². The maximum atomic E-state index is 9.00. The Hall–Kier alpha value is -2.88. The normalized spacial score (nSPS) is 6.19. The van der Waals surface area contributed by atoms with Crippen LogP contribution in [0.1, 0.15) is 55.4 Å². The fourth-order valence-electron chi connectivity index (χ4n) is 0. The molecule has 0 saturated heterocycles. The quantitative estimate of drug-likeness (QED) is 0.126. The third-order valence-corrected chi connectivity index (χ3v) is 0.333. The third-order valence-electron chi connectivity index (χ3n) is 0.333. The Kier molecular flexibility index (Phi) is 153. The van der Waals surface area contributed by atoms with Crippen LogP contribution in [0.2, 0.25) is 0 Å². The first-order valence-electron chi connectivity index (χ1n) is 9.98. The molecule has 0 unspecified atom stereocenters. The summed E-state index contributed by atoms with van der Waals surface area (Å²) in [7, 11) is 0. The van der Waals surface area contributed by atoms with Gasteiger partial charge in [-0.1, -0.05) is 0 Å². The summed E-state index contributed by atoms with van der Waals surface area (Å²) in [6.07, 6.45) is 0. The molecule has 12 N–H and O–H groups in total. The first kappa shape index (κ1) is 77.3. The Labute approximate surface area is 277 Å². The summed E-state index contributed by atoms with van der Waals surface area (Å²) in [4.78, 5) is 71.6. The van der Waals surface area contributed by atoms with Crippen LogP contribution in [0.25, 0.3) is 0 Å². The Morgan fingerprint density at radius 2 is 0.429 bits per heavy atom. The molecule has 0 aliphatic heterocycles. The van der Waals surface area contributed by atoms with Crippen LogP contribution in [-0.2, 0) is 55.4 Å². The maximum Gasteiger partial charge on any atom is 3.00 e. The van der Waals surface area contributed by atoms with Gasteiger partial charge in [-0.05, 0) is 27.7 Å². The van der Waals surface area contributed by atoms with E-state index in [-0.39, 0.29) is 46.6 Å². The molecule has 0 saturated carbocycles. The van der Waals surface area contributed by atoms with Crippen LogP contribution < -0.4 is 72.9 Å². The van der Waals surface area contributed by atoms with Gasteiger partial charge in [-0.3, -0.25) is 19.2 Å². The summed E-state index contributed by atoms with van der Waals surface area (Å²) in [5, 5.41) is 65.2. The Balaban J connectivity index is -0.0000000237. The topological polar surface area (TPSA) is 414 Å². The van der Waals surface area contributed by atoms with E-state index < -0.39 is 47.8 Å². The molecule has 22 heteroatoms. The predicted molar refractivity (Wildman–Crippen MR) is 132 cm³/mol. The molecule has 0 spiro atoms. The van der Waals surface area contributed by atoms with Crippen LogP contribution in [0.15, 0.2) is 0 Å². The monoisotopic (exact) mass is 675 g/mol. The van der Waals surface area contributed by atoms with Gasteiger partial charge in [0, 0.05) is 77.8 Å². The molecule has 1 radical (unpaired) electrons. The van der Waals surface area contributed by atoms with Gasteiger partial charge in [0.25, 0.3) is 23.9 Å². The number of carbonyl (C=O) groups is 8. The summed E-state index contributed by atoms with van der Waals surface area (Å²) >= 11 is 0. The molecule has 20 nitrogen and oxygen atoms in total. The molecule has 0 aromatic heterocycles. The second-order valence-electron chi connectivity index (χ2n) is 5.20. The molecule has 0 bridgehead atoms. The number of hydrogen-bond donors (Lipinski definition) is 8. The minimum Gasteiger partial charge on any atom is -0.550 e. The largest absolute Gasteiger partial charge is 3.00 e. The Bertz CT molecular complexity index is 445. The van der Waals surface area contributed by atoms with Gasteiger partial charge in [0.2, 0.25) is 0 Å². The number of aliphatic carboxylic acids is 8. The van der Waals surface area contributed by atoms with Crippen LogP contribution in [-0.4, -0.2) is 94.4 Å². The number of carboxylic acids is 8. The van der Waals surface area contributed by atoms with Crippen molar-refractivity contribution in [1.82, 2.24) is 0 Å². The Morgan fingerprint density at radius 3 is 0.429 bits per heavy atom. The minimum absolute atomic E-state index is 0. The fourth-order valence-corrected chi connectivity index (χ4v) is 0. The molecule has 42 heavy (non-hydrogen) atoms. The molecule has 0 heterocycles. The molecule has 0 aliphatic carbocycles. The molecular weight excluding hydrogens is 631 g/mol. The average Bonchev–Trinajstić information content (AvgIpc) is 2.64. The maximum absolute atomic E-state index is 9.00. The first-order chi connectivity index (χ1) is 17.7. The van der Waals surface area contributed by atoms with Crippen molar-refractivity contribution in [2.45, 2.75) is 55.4 Å². The fraction of sp³-hybridized carbons (Fsp3) is 0.600. The van der Waals surface area contributed by atoms with E-state index in [9.17, 15) is 0 Å². The molecule has 0 aliphatic rings. The van der Waals surface area contributed by atoms with E-state index in [0.717, 1.165) is 55.4 Å². The number of carbonyl (C=O) groups excluding carboxylic acids is 4. The van der Waals surface area contributed by atoms with Gasteiger partial charge < -0.3 is 83.0 Å². The van der Waals surface area contributed by atoms with E-state index >= 15 is 0 Å². The van der Waals surface area contributed by atoms with Crippen molar-refractivity contribution in [3.63, 3.8) is 0 Å². The number of hydrogen-bond acceptors (Lipinski definition) is 16. The van der Waals surface area contributed by atoms with Crippen LogP contribution >= 0.6 is 0 Å².